The topological polar surface area (TPSA) is 103 Å². The van der Waals surface area contributed by atoms with Crippen LogP contribution in [0.5, 0.6) is 0 Å². The number of nitrogens with one attached hydrogen (secondary N) is 1. The first-order valence-corrected chi connectivity index (χ1v) is 15.7. The van der Waals surface area contributed by atoms with Gasteiger partial charge in [0.1, 0.15) is 12.4 Å². The number of benzene rings is 1. The number of amides is 3. The fourth-order valence-electron chi connectivity index (χ4n) is 6.56. The van der Waals surface area contributed by atoms with Crippen molar-refractivity contribution in [3.05, 3.63) is 54.1 Å². The molecule has 2 heterocycles. The zero-order chi connectivity index (χ0) is 27.8. The summed E-state index contributed by atoms with van der Waals surface area (Å²) >= 11 is 0. The first-order valence-electron chi connectivity index (χ1n) is 13.8. The van der Waals surface area contributed by atoms with E-state index in [1.54, 1.807) is 17.0 Å². The molecule has 3 aliphatic rings. The number of sulfone groups is 1. The predicted octanol–water partition coefficient (Wildman–Crippen LogP) is 3.73. The van der Waals surface area contributed by atoms with E-state index in [0.717, 1.165) is 51.3 Å². The van der Waals surface area contributed by atoms with Crippen LogP contribution in [-0.4, -0.2) is 85.6 Å². The molecule has 0 radical (unpaired) electrons. The molecule has 1 spiro atoms. The highest BCUT2D eigenvalue weighted by atomic mass is 32.2. The van der Waals surface area contributed by atoms with Gasteiger partial charge < -0.3 is 15.1 Å². The van der Waals surface area contributed by atoms with Crippen LogP contribution < -0.4 is 5.32 Å². The van der Waals surface area contributed by atoms with Crippen LogP contribution in [0, 0.1) is 5.92 Å². The van der Waals surface area contributed by atoms with Gasteiger partial charge >= 0.3 is 6.03 Å². The van der Waals surface area contributed by atoms with Crippen LogP contribution in [0.4, 0.5) is 10.6 Å². The Balaban J connectivity index is 1.33. The monoisotopic (exact) mass is 553 g/mol. The minimum absolute atomic E-state index is 0.0769. The van der Waals surface area contributed by atoms with Gasteiger partial charge in [0, 0.05) is 24.9 Å². The Morgan fingerprint density at radius 3 is 2.33 bits per heavy atom. The third-order valence-corrected chi connectivity index (χ3v) is 10.1. The Morgan fingerprint density at radius 1 is 1.05 bits per heavy atom. The molecule has 10 heteroatoms. The molecule has 9 nitrogen and oxygen atoms in total. The van der Waals surface area contributed by atoms with Crippen molar-refractivity contribution in [2.45, 2.75) is 61.0 Å². The van der Waals surface area contributed by atoms with Crippen LogP contribution in [0.25, 0.3) is 0 Å². The molecule has 0 bridgehead atoms. The summed E-state index contributed by atoms with van der Waals surface area (Å²) in [5, 5.41) is 2.58. The molecular weight excluding hydrogens is 514 g/mol. The van der Waals surface area contributed by atoms with Crippen LogP contribution in [0.3, 0.4) is 0 Å². The molecule has 1 aromatic heterocycles. The van der Waals surface area contributed by atoms with E-state index in [0.29, 0.717) is 12.5 Å². The normalized spacial score (nSPS) is 25.8. The van der Waals surface area contributed by atoms with Gasteiger partial charge in [-0.15, -0.1) is 0 Å². The first kappa shape index (κ1) is 27.6. The zero-order valence-corrected chi connectivity index (χ0v) is 23.9. The fourth-order valence-corrected chi connectivity index (χ4v) is 7.15. The zero-order valence-electron chi connectivity index (χ0n) is 23.1. The number of urea groups is 1. The molecule has 0 unspecified atom stereocenters. The number of anilines is 1. The van der Waals surface area contributed by atoms with E-state index in [9.17, 15) is 18.0 Å². The van der Waals surface area contributed by atoms with Gasteiger partial charge in [0.2, 0.25) is 5.91 Å². The molecule has 210 valence electrons. The summed E-state index contributed by atoms with van der Waals surface area (Å²) in [6.07, 6.45) is 8.18. The van der Waals surface area contributed by atoms with Gasteiger partial charge in [0.05, 0.1) is 5.54 Å². The third-order valence-electron chi connectivity index (χ3n) is 9.11. The largest absolute Gasteiger partial charge is 0.321 e. The summed E-state index contributed by atoms with van der Waals surface area (Å²) in [4.78, 5) is 36.9. The molecule has 5 rings (SSSR count). The number of carbonyl (C=O) groups is 2. The minimum atomic E-state index is -3.50. The second-order valence-electron chi connectivity index (χ2n) is 11.7. The smallest absolute Gasteiger partial charge is 0.317 e. The molecular formula is C29H39N5O4S. The fraction of sp³-hybridized carbons (Fsp3) is 0.552. The Labute approximate surface area is 231 Å². The predicted molar refractivity (Wildman–Crippen MR) is 150 cm³/mol. The van der Waals surface area contributed by atoms with Gasteiger partial charge in [-0.25, -0.2) is 18.2 Å². The molecule has 1 N–H and O–H groups in total. The highest BCUT2D eigenvalue weighted by molar-refractivity contribution is 7.90. The Bertz CT molecular complexity index is 1320. The average Bonchev–Trinajstić information content (AvgIpc) is 3.11. The van der Waals surface area contributed by atoms with Crippen LogP contribution in [0.2, 0.25) is 0 Å². The van der Waals surface area contributed by atoms with Gasteiger partial charge in [0.15, 0.2) is 14.9 Å². The van der Waals surface area contributed by atoms with Crippen molar-refractivity contribution in [1.29, 1.82) is 0 Å². The molecule has 2 aromatic rings. The second-order valence-corrected chi connectivity index (χ2v) is 13.7. The highest BCUT2D eigenvalue weighted by Gasteiger charge is 2.55. The summed E-state index contributed by atoms with van der Waals surface area (Å²) in [6.45, 7) is 1.17. The lowest BCUT2D eigenvalue weighted by molar-refractivity contribution is -0.116. The maximum Gasteiger partial charge on any atom is 0.321 e. The van der Waals surface area contributed by atoms with E-state index in [2.05, 4.69) is 58.5 Å². The lowest BCUT2D eigenvalue weighted by atomic mass is 9.68. The number of aromatic nitrogens is 1. The van der Waals surface area contributed by atoms with E-state index in [1.165, 1.54) is 18.1 Å². The molecule has 2 saturated carbocycles. The van der Waals surface area contributed by atoms with Crippen molar-refractivity contribution in [1.82, 2.24) is 19.7 Å². The van der Waals surface area contributed by atoms with Gasteiger partial charge in [-0.1, -0.05) is 42.8 Å². The summed E-state index contributed by atoms with van der Waals surface area (Å²) in [5.41, 5.74) is 0.925. The van der Waals surface area contributed by atoms with Crippen molar-refractivity contribution >= 4 is 27.6 Å². The van der Waals surface area contributed by atoms with Crippen LogP contribution in [-0.2, 0) is 20.2 Å². The van der Waals surface area contributed by atoms with Crippen LogP contribution in [0.15, 0.2) is 53.6 Å². The van der Waals surface area contributed by atoms with Crippen molar-refractivity contribution in [2.24, 2.45) is 5.92 Å². The van der Waals surface area contributed by atoms with E-state index >= 15 is 0 Å². The highest BCUT2D eigenvalue weighted by Crippen LogP contribution is 2.49. The maximum atomic E-state index is 13.8. The van der Waals surface area contributed by atoms with Gasteiger partial charge in [-0.05, 0) is 76.2 Å². The number of hydrogen-bond donors (Lipinski definition) is 1. The quantitative estimate of drug-likeness (QED) is 0.535. The molecule has 1 aromatic carbocycles. The van der Waals surface area contributed by atoms with Crippen molar-refractivity contribution in [3.8, 4) is 0 Å². The van der Waals surface area contributed by atoms with Crippen molar-refractivity contribution in [3.63, 3.8) is 0 Å². The van der Waals surface area contributed by atoms with E-state index < -0.39 is 9.84 Å². The molecule has 3 fully saturated rings. The Kier molecular flexibility index (Phi) is 7.45. The molecule has 39 heavy (non-hydrogen) atoms. The van der Waals surface area contributed by atoms with Gasteiger partial charge in [-0.2, -0.15) is 0 Å². The summed E-state index contributed by atoms with van der Waals surface area (Å²) in [6, 6.07) is 15.0. The third kappa shape index (κ3) is 5.41. The number of rotatable bonds is 8. The summed E-state index contributed by atoms with van der Waals surface area (Å²) in [5.74, 6) is 0.300. The number of nitrogens with zero attached hydrogens (tertiary/aromatic N) is 4. The summed E-state index contributed by atoms with van der Waals surface area (Å²) < 4.78 is 23.7. The second kappa shape index (κ2) is 10.5. The Hall–Kier alpha value is -2.98. The van der Waals surface area contributed by atoms with Gasteiger partial charge in [0.25, 0.3) is 0 Å². The van der Waals surface area contributed by atoms with Crippen LogP contribution >= 0.6 is 0 Å². The van der Waals surface area contributed by atoms with E-state index in [-0.39, 0.29) is 40.4 Å². The minimum Gasteiger partial charge on any atom is -0.317 e. The summed E-state index contributed by atoms with van der Waals surface area (Å²) in [7, 11) is 0.779. The van der Waals surface area contributed by atoms with Crippen molar-refractivity contribution in [2.75, 3.05) is 45.3 Å². The average molecular weight is 554 g/mol. The standard InChI is InChI=1S/C29H39N5O4S/c1-32(2)29(23-11-5-4-6-12-23)17-15-28(16-18-29)21-33(27(36)34(28)19-22-9-7-10-22)20-25(35)30-24-13-8-14-26(31-24)39(3,37)38/h4-6,8,11-14,22H,7,9-10,15-21H2,1-3H3,(H,30,31,35)/t28-,29-. The number of carbonyl (C=O) groups excluding carboxylic acids is 2. The van der Waals surface area contributed by atoms with Crippen molar-refractivity contribution < 1.29 is 18.0 Å². The SMILES string of the molecule is CN(C)[C@]1(c2ccccc2)CC[C@@]2(CC1)CN(CC(=O)Nc1cccc(S(C)(=O)=O)n1)C(=O)N2CC1CCC1. The van der Waals surface area contributed by atoms with E-state index in [4.69, 9.17) is 0 Å². The molecule has 1 saturated heterocycles. The molecule has 0 atom stereocenters. The van der Waals surface area contributed by atoms with Crippen LogP contribution in [0.1, 0.15) is 50.5 Å². The molecule has 3 amide bonds. The lowest BCUT2D eigenvalue weighted by Gasteiger charge is -2.51. The van der Waals surface area contributed by atoms with E-state index in [1.807, 2.05) is 6.07 Å². The molecule has 2 aliphatic carbocycles. The first-order chi connectivity index (χ1) is 18.5. The Morgan fingerprint density at radius 2 is 1.74 bits per heavy atom. The van der Waals surface area contributed by atoms with Gasteiger partial charge in [-0.3, -0.25) is 9.69 Å². The molecule has 1 aliphatic heterocycles. The number of hydrogen-bond acceptors (Lipinski definition) is 6. The maximum absolute atomic E-state index is 13.8. The lowest BCUT2D eigenvalue weighted by Crippen LogP contribution is -2.56. The number of pyridine rings is 1.